The summed E-state index contributed by atoms with van der Waals surface area (Å²) < 4.78 is 18.3. The number of rotatable bonds is 5. The van der Waals surface area contributed by atoms with E-state index in [1.807, 2.05) is 12.1 Å². The highest BCUT2D eigenvalue weighted by molar-refractivity contribution is 6.47. The van der Waals surface area contributed by atoms with Gasteiger partial charge in [-0.3, -0.25) is 0 Å². The first kappa shape index (κ1) is 18.3. The van der Waals surface area contributed by atoms with Gasteiger partial charge in [0.25, 0.3) is 0 Å². The van der Waals surface area contributed by atoms with Crippen molar-refractivity contribution >= 4 is 18.1 Å². The Kier molecular flexibility index (Phi) is 4.65. The highest BCUT2D eigenvalue weighted by Crippen LogP contribution is 2.42. The molecule has 1 fully saturated rings. The van der Waals surface area contributed by atoms with Crippen LogP contribution in [0.3, 0.4) is 0 Å². The van der Waals surface area contributed by atoms with Crippen molar-refractivity contribution in [1.82, 2.24) is 0 Å². The van der Waals surface area contributed by atoms with Crippen LogP contribution >= 0.6 is 0 Å². The second-order valence-electron chi connectivity index (χ2n) is 8.47. The minimum Gasteiger partial charge on any atom is -0.464 e. The smallest absolute Gasteiger partial charge is 0.464 e. The lowest BCUT2D eigenvalue weighted by molar-refractivity contribution is 0.00578. The summed E-state index contributed by atoms with van der Waals surface area (Å²) in [6.07, 6.45) is 3.69. The molecule has 1 aliphatic rings. The second kappa shape index (κ2) is 6.85. The molecule has 0 bridgehead atoms. The topological polar surface area (TPSA) is 31.6 Å². The standard InChI is InChI=1S/C23H27BO3/c1-22(2)23(3,4)27-24(26-22)20(12-10-17-8-6-5-7-9-17)18-11-13-21-19(16-18)14-15-25-21/h5-9,11,13-16,20H,10,12H2,1-4H3. The number of hydrogen-bond acceptors (Lipinski definition) is 3. The predicted molar refractivity (Wildman–Crippen MR) is 110 cm³/mol. The lowest BCUT2D eigenvalue weighted by Gasteiger charge is -2.32. The molecular formula is C23H27BO3. The maximum absolute atomic E-state index is 6.42. The van der Waals surface area contributed by atoms with E-state index in [9.17, 15) is 0 Å². The van der Waals surface area contributed by atoms with Crippen LogP contribution in [0.2, 0.25) is 0 Å². The molecule has 0 N–H and O–H groups in total. The van der Waals surface area contributed by atoms with E-state index < -0.39 is 0 Å². The van der Waals surface area contributed by atoms with Crippen LogP contribution < -0.4 is 0 Å². The van der Waals surface area contributed by atoms with E-state index in [2.05, 4.69) is 70.2 Å². The molecule has 2 aromatic carbocycles. The van der Waals surface area contributed by atoms with Gasteiger partial charge in [0.05, 0.1) is 17.5 Å². The third-order valence-electron chi connectivity index (χ3n) is 6.09. The minimum atomic E-state index is -0.331. The molecule has 1 aromatic heterocycles. The average molecular weight is 362 g/mol. The predicted octanol–water partition coefficient (Wildman–Crippen LogP) is 5.78. The van der Waals surface area contributed by atoms with Crippen LogP contribution in [0.1, 0.15) is 51.1 Å². The molecule has 1 aliphatic heterocycles. The molecule has 1 atom stereocenters. The Morgan fingerprint density at radius 3 is 2.30 bits per heavy atom. The molecule has 27 heavy (non-hydrogen) atoms. The van der Waals surface area contributed by atoms with Crippen LogP contribution in [-0.2, 0) is 15.7 Å². The molecule has 0 saturated carbocycles. The first-order valence-electron chi connectivity index (χ1n) is 9.72. The van der Waals surface area contributed by atoms with E-state index in [0.29, 0.717) is 0 Å². The Morgan fingerprint density at radius 2 is 1.59 bits per heavy atom. The van der Waals surface area contributed by atoms with Crippen molar-refractivity contribution in [3.05, 3.63) is 72.0 Å². The van der Waals surface area contributed by atoms with Gasteiger partial charge in [0.2, 0.25) is 0 Å². The van der Waals surface area contributed by atoms with Crippen molar-refractivity contribution < 1.29 is 13.7 Å². The summed E-state index contributed by atoms with van der Waals surface area (Å²) in [4.78, 5) is 0. The van der Waals surface area contributed by atoms with Gasteiger partial charge in [0.15, 0.2) is 0 Å². The van der Waals surface area contributed by atoms with Gasteiger partial charge in [0.1, 0.15) is 5.58 Å². The van der Waals surface area contributed by atoms with Gasteiger partial charge in [0, 0.05) is 11.2 Å². The fraction of sp³-hybridized carbons (Fsp3) is 0.391. The second-order valence-corrected chi connectivity index (χ2v) is 8.47. The quantitative estimate of drug-likeness (QED) is 0.539. The molecule has 2 heterocycles. The summed E-state index contributed by atoms with van der Waals surface area (Å²) in [6.45, 7) is 8.45. The molecule has 0 amide bonds. The highest BCUT2D eigenvalue weighted by atomic mass is 16.7. The van der Waals surface area contributed by atoms with Crippen molar-refractivity contribution in [1.29, 1.82) is 0 Å². The Balaban J connectivity index is 1.64. The van der Waals surface area contributed by atoms with Crippen molar-refractivity contribution in [2.45, 2.75) is 57.6 Å². The van der Waals surface area contributed by atoms with Crippen LogP contribution in [0.25, 0.3) is 11.0 Å². The fourth-order valence-electron chi connectivity index (χ4n) is 3.70. The van der Waals surface area contributed by atoms with Gasteiger partial charge in [-0.2, -0.15) is 0 Å². The Bertz CT molecular complexity index is 898. The van der Waals surface area contributed by atoms with Crippen LogP contribution in [0.4, 0.5) is 0 Å². The van der Waals surface area contributed by atoms with Gasteiger partial charge in [-0.25, -0.2) is 0 Å². The number of benzene rings is 2. The molecule has 1 saturated heterocycles. The fourth-order valence-corrected chi connectivity index (χ4v) is 3.70. The Labute approximate surface area is 161 Å². The summed E-state index contributed by atoms with van der Waals surface area (Å²) >= 11 is 0. The van der Waals surface area contributed by atoms with Crippen LogP contribution in [-0.4, -0.2) is 18.3 Å². The molecule has 4 heteroatoms. The van der Waals surface area contributed by atoms with E-state index >= 15 is 0 Å². The average Bonchev–Trinajstić information content (AvgIpc) is 3.17. The van der Waals surface area contributed by atoms with E-state index in [0.717, 1.165) is 23.8 Å². The summed E-state index contributed by atoms with van der Waals surface area (Å²) in [5.41, 5.74) is 2.82. The van der Waals surface area contributed by atoms with Gasteiger partial charge < -0.3 is 13.7 Å². The highest BCUT2D eigenvalue weighted by Gasteiger charge is 2.53. The van der Waals surface area contributed by atoms with Gasteiger partial charge >= 0.3 is 7.12 Å². The number of furan rings is 1. The van der Waals surface area contributed by atoms with Crippen molar-refractivity contribution in [3.8, 4) is 0 Å². The Morgan fingerprint density at radius 1 is 0.889 bits per heavy atom. The van der Waals surface area contributed by atoms with Gasteiger partial charge in [-0.1, -0.05) is 36.4 Å². The largest absolute Gasteiger partial charge is 0.465 e. The summed E-state index contributed by atoms with van der Waals surface area (Å²) in [5.74, 6) is 0.158. The zero-order valence-electron chi connectivity index (χ0n) is 16.6. The molecule has 0 aliphatic carbocycles. The molecule has 3 aromatic rings. The van der Waals surface area contributed by atoms with E-state index in [-0.39, 0.29) is 24.1 Å². The van der Waals surface area contributed by atoms with E-state index in [4.69, 9.17) is 13.7 Å². The van der Waals surface area contributed by atoms with Crippen molar-refractivity contribution in [2.75, 3.05) is 0 Å². The molecule has 0 spiro atoms. The molecule has 4 rings (SSSR count). The first-order chi connectivity index (χ1) is 12.9. The molecular weight excluding hydrogens is 335 g/mol. The van der Waals surface area contributed by atoms with Crippen LogP contribution in [0, 0.1) is 0 Å². The monoisotopic (exact) mass is 362 g/mol. The Hall–Kier alpha value is -2.04. The first-order valence-corrected chi connectivity index (χ1v) is 9.72. The zero-order chi connectivity index (χ0) is 19.1. The molecule has 3 nitrogen and oxygen atoms in total. The summed E-state index contributed by atoms with van der Waals surface area (Å²) in [6, 6.07) is 19.0. The van der Waals surface area contributed by atoms with Crippen LogP contribution in [0.5, 0.6) is 0 Å². The number of fused-ring (bicyclic) bond motifs is 1. The lowest BCUT2D eigenvalue weighted by Crippen LogP contribution is -2.41. The van der Waals surface area contributed by atoms with Crippen molar-refractivity contribution in [3.63, 3.8) is 0 Å². The third-order valence-corrected chi connectivity index (χ3v) is 6.09. The van der Waals surface area contributed by atoms with Gasteiger partial charge in [-0.15, -0.1) is 0 Å². The maximum Gasteiger partial charge on any atom is 0.465 e. The normalized spacial score (nSPS) is 19.5. The van der Waals surface area contributed by atoms with Crippen LogP contribution in [0.15, 0.2) is 65.3 Å². The minimum absolute atomic E-state index is 0.158. The third kappa shape index (κ3) is 3.56. The molecule has 0 radical (unpaired) electrons. The number of aryl methyl sites for hydroxylation is 1. The number of hydrogen-bond donors (Lipinski definition) is 0. The SMILES string of the molecule is CC1(C)OB(C(CCc2ccccc2)c2ccc3occc3c2)OC1(C)C. The molecule has 140 valence electrons. The van der Waals surface area contributed by atoms with E-state index in [1.165, 1.54) is 11.1 Å². The summed E-state index contributed by atoms with van der Waals surface area (Å²) in [7, 11) is -0.261. The van der Waals surface area contributed by atoms with Crippen molar-refractivity contribution in [2.24, 2.45) is 0 Å². The molecule has 1 unspecified atom stereocenters. The van der Waals surface area contributed by atoms with E-state index in [1.54, 1.807) is 6.26 Å². The van der Waals surface area contributed by atoms with Gasteiger partial charge in [-0.05, 0) is 69.9 Å². The maximum atomic E-state index is 6.42. The summed E-state index contributed by atoms with van der Waals surface area (Å²) in [5, 5.41) is 1.12. The zero-order valence-corrected chi connectivity index (χ0v) is 16.6. The lowest BCUT2D eigenvalue weighted by atomic mass is 9.65.